The molecule has 2 amide bonds. The molecule has 0 aliphatic carbocycles. The first kappa shape index (κ1) is 20.1. The third kappa shape index (κ3) is 2.99. The van der Waals surface area contributed by atoms with E-state index in [-0.39, 0.29) is 18.4 Å². The van der Waals surface area contributed by atoms with Gasteiger partial charge in [-0.05, 0) is 42.7 Å². The summed E-state index contributed by atoms with van der Waals surface area (Å²) in [5, 5.41) is 13.5. The van der Waals surface area contributed by atoms with Crippen molar-refractivity contribution in [3.8, 4) is 0 Å². The van der Waals surface area contributed by atoms with E-state index in [9.17, 15) is 14.7 Å². The predicted molar refractivity (Wildman–Crippen MR) is 115 cm³/mol. The van der Waals surface area contributed by atoms with Crippen molar-refractivity contribution in [2.75, 3.05) is 26.0 Å². The largest absolute Gasteiger partial charge is 0.392 e. The van der Waals surface area contributed by atoms with Crippen LogP contribution in [0.1, 0.15) is 23.1 Å². The van der Waals surface area contributed by atoms with Crippen LogP contribution in [0.25, 0.3) is 0 Å². The van der Waals surface area contributed by atoms with E-state index in [1.807, 2.05) is 54.3 Å². The molecular formula is C22H24BrN3O3. The number of rotatable bonds is 3. The van der Waals surface area contributed by atoms with Gasteiger partial charge < -0.3 is 15.3 Å². The van der Waals surface area contributed by atoms with Gasteiger partial charge in [0.2, 0.25) is 5.91 Å². The summed E-state index contributed by atoms with van der Waals surface area (Å²) in [5.41, 5.74) is 2.08. The van der Waals surface area contributed by atoms with Gasteiger partial charge in [0.25, 0.3) is 5.91 Å². The molecule has 4 rings (SSSR count). The SMILES string of the molecule is Cc1ccccc1C1(N2C[C@H](O)C[C@H]2C(=O)N(C)C)C(=O)Nc2ccc(Br)cc21. The second-order valence-electron chi connectivity index (χ2n) is 7.96. The lowest BCUT2D eigenvalue weighted by molar-refractivity contribution is -0.138. The van der Waals surface area contributed by atoms with E-state index in [2.05, 4.69) is 21.2 Å². The van der Waals surface area contributed by atoms with Crippen molar-refractivity contribution in [2.24, 2.45) is 0 Å². The number of carbonyl (C=O) groups excluding carboxylic acids is 2. The van der Waals surface area contributed by atoms with Crippen LogP contribution >= 0.6 is 15.9 Å². The molecule has 152 valence electrons. The minimum Gasteiger partial charge on any atom is -0.392 e. The van der Waals surface area contributed by atoms with Gasteiger partial charge in [-0.3, -0.25) is 14.5 Å². The molecule has 2 aromatic carbocycles. The van der Waals surface area contributed by atoms with Gasteiger partial charge in [0.1, 0.15) is 0 Å². The first-order valence-corrected chi connectivity index (χ1v) is 10.4. The fourth-order valence-electron chi connectivity index (χ4n) is 4.66. The van der Waals surface area contributed by atoms with Crippen LogP contribution in [0.4, 0.5) is 5.69 Å². The van der Waals surface area contributed by atoms with E-state index in [1.165, 1.54) is 4.90 Å². The van der Waals surface area contributed by atoms with E-state index >= 15 is 0 Å². The van der Waals surface area contributed by atoms with Crippen LogP contribution in [0.5, 0.6) is 0 Å². The molecule has 29 heavy (non-hydrogen) atoms. The van der Waals surface area contributed by atoms with E-state index in [0.717, 1.165) is 26.9 Å². The number of anilines is 1. The second kappa shape index (κ2) is 7.23. The quantitative estimate of drug-likeness (QED) is 0.742. The summed E-state index contributed by atoms with van der Waals surface area (Å²) >= 11 is 3.53. The third-order valence-electron chi connectivity index (χ3n) is 5.92. The number of benzene rings is 2. The molecule has 1 fully saturated rings. The Balaban J connectivity index is 2.02. The lowest BCUT2D eigenvalue weighted by atomic mass is 9.79. The van der Waals surface area contributed by atoms with Crippen LogP contribution in [0.3, 0.4) is 0 Å². The number of β-amino-alcohol motifs (C(OH)–C–C–N with tert-alkyl or cyclic N) is 1. The summed E-state index contributed by atoms with van der Waals surface area (Å²) in [6.45, 7) is 2.20. The van der Waals surface area contributed by atoms with Crippen molar-refractivity contribution in [3.05, 3.63) is 63.6 Å². The monoisotopic (exact) mass is 457 g/mol. The summed E-state index contributed by atoms with van der Waals surface area (Å²) in [4.78, 5) is 30.1. The highest BCUT2D eigenvalue weighted by atomic mass is 79.9. The Morgan fingerprint density at radius 1 is 1.24 bits per heavy atom. The number of hydrogen-bond acceptors (Lipinski definition) is 4. The van der Waals surface area contributed by atoms with Crippen molar-refractivity contribution in [3.63, 3.8) is 0 Å². The maximum absolute atomic E-state index is 13.7. The summed E-state index contributed by atoms with van der Waals surface area (Å²) in [5.74, 6) is -0.323. The molecule has 1 saturated heterocycles. The zero-order valence-electron chi connectivity index (χ0n) is 16.6. The molecule has 6 nitrogen and oxygen atoms in total. The Labute approximate surface area is 178 Å². The van der Waals surface area contributed by atoms with E-state index in [1.54, 1.807) is 14.1 Å². The van der Waals surface area contributed by atoms with Crippen molar-refractivity contribution >= 4 is 33.4 Å². The smallest absolute Gasteiger partial charge is 0.254 e. The Morgan fingerprint density at radius 3 is 2.66 bits per heavy atom. The summed E-state index contributed by atoms with van der Waals surface area (Å²) in [6, 6.07) is 12.8. The number of aliphatic hydroxyl groups is 1. The molecule has 0 spiro atoms. The highest BCUT2D eigenvalue weighted by molar-refractivity contribution is 9.10. The maximum Gasteiger partial charge on any atom is 0.254 e. The molecule has 0 aromatic heterocycles. The average molecular weight is 458 g/mol. The van der Waals surface area contributed by atoms with Crippen LogP contribution in [-0.2, 0) is 15.1 Å². The van der Waals surface area contributed by atoms with E-state index < -0.39 is 17.7 Å². The summed E-state index contributed by atoms with van der Waals surface area (Å²) < 4.78 is 0.848. The van der Waals surface area contributed by atoms with Gasteiger partial charge >= 0.3 is 0 Å². The number of likely N-dealkylation sites (tertiary alicyclic amines) is 1. The van der Waals surface area contributed by atoms with Gasteiger partial charge in [0.15, 0.2) is 5.54 Å². The van der Waals surface area contributed by atoms with Crippen LogP contribution in [0, 0.1) is 6.92 Å². The Kier molecular flexibility index (Phi) is 5.01. The maximum atomic E-state index is 13.7. The number of likely N-dealkylation sites (N-methyl/N-ethyl adjacent to an activating group) is 1. The number of hydrogen-bond donors (Lipinski definition) is 2. The first-order chi connectivity index (χ1) is 13.8. The highest BCUT2D eigenvalue weighted by Gasteiger charge is 2.58. The van der Waals surface area contributed by atoms with E-state index in [4.69, 9.17) is 0 Å². The Morgan fingerprint density at radius 2 is 1.97 bits per heavy atom. The minimum absolute atomic E-state index is 0.120. The third-order valence-corrected chi connectivity index (χ3v) is 6.41. The summed E-state index contributed by atoms with van der Waals surface area (Å²) in [7, 11) is 3.40. The molecular weight excluding hydrogens is 434 g/mol. The topological polar surface area (TPSA) is 72.9 Å². The van der Waals surface area contributed by atoms with Crippen LogP contribution in [0.15, 0.2) is 46.9 Å². The van der Waals surface area contributed by atoms with Crippen molar-refractivity contribution in [1.82, 2.24) is 9.80 Å². The number of aryl methyl sites for hydroxylation is 1. The zero-order valence-corrected chi connectivity index (χ0v) is 18.2. The molecule has 2 N–H and O–H groups in total. The van der Waals surface area contributed by atoms with Crippen molar-refractivity contribution in [2.45, 2.75) is 31.0 Å². The lowest BCUT2D eigenvalue weighted by Crippen LogP contribution is -2.57. The molecule has 2 aromatic rings. The molecule has 2 heterocycles. The number of aliphatic hydroxyl groups excluding tert-OH is 1. The normalized spacial score (nSPS) is 26.3. The van der Waals surface area contributed by atoms with E-state index in [0.29, 0.717) is 6.42 Å². The molecule has 2 aliphatic rings. The molecule has 3 atom stereocenters. The zero-order chi connectivity index (χ0) is 20.9. The average Bonchev–Trinajstić information content (AvgIpc) is 3.19. The molecule has 7 heteroatoms. The molecule has 0 radical (unpaired) electrons. The molecule has 2 aliphatic heterocycles. The van der Waals surface area contributed by atoms with Crippen molar-refractivity contribution in [1.29, 1.82) is 0 Å². The van der Waals surface area contributed by atoms with Gasteiger partial charge in [-0.1, -0.05) is 40.2 Å². The number of nitrogens with one attached hydrogen (secondary N) is 1. The number of nitrogens with zero attached hydrogens (tertiary/aromatic N) is 2. The number of halogens is 1. The van der Waals surface area contributed by atoms with Crippen LogP contribution in [-0.4, -0.2) is 59.5 Å². The summed E-state index contributed by atoms with van der Waals surface area (Å²) in [6.07, 6.45) is -0.393. The Hall–Kier alpha value is -2.22. The van der Waals surface area contributed by atoms with Crippen LogP contribution in [0.2, 0.25) is 0 Å². The standard InChI is InChI=1S/C22H24BrN3O3/c1-13-6-4-5-7-16(13)22(17-10-14(23)8-9-18(17)24-21(22)29)26-12-15(27)11-19(26)20(28)25(2)3/h4-10,15,19,27H,11-12H2,1-3H3,(H,24,29)/t15-,19+,22?/m1/s1. The fraction of sp³-hybridized carbons (Fsp3) is 0.364. The number of amides is 2. The number of fused-ring (bicyclic) bond motifs is 1. The van der Waals surface area contributed by atoms with Gasteiger partial charge in [-0.2, -0.15) is 0 Å². The fourth-order valence-corrected chi connectivity index (χ4v) is 5.02. The highest BCUT2D eigenvalue weighted by Crippen LogP contribution is 2.49. The van der Waals surface area contributed by atoms with Gasteiger partial charge in [-0.15, -0.1) is 0 Å². The lowest BCUT2D eigenvalue weighted by Gasteiger charge is -2.41. The Bertz CT molecular complexity index is 993. The second-order valence-corrected chi connectivity index (χ2v) is 8.88. The molecule has 1 unspecified atom stereocenters. The molecule has 0 bridgehead atoms. The van der Waals surface area contributed by atoms with Gasteiger partial charge in [0, 0.05) is 36.4 Å². The number of carbonyl (C=O) groups is 2. The molecule has 0 saturated carbocycles. The minimum atomic E-state index is -1.20. The van der Waals surface area contributed by atoms with Gasteiger partial charge in [-0.25, -0.2) is 0 Å². The van der Waals surface area contributed by atoms with Crippen molar-refractivity contribution < 1.29 is 14.7 Å². The van der Waals surface area contributed by atoms with Gasteiger partial charge in [0.05, 0.1) is 12.1 Å². The predicted octanol–water partition coefficient (Wildman–Crippen LogP) is 2.48. The first-order valence-electron chi connectivity index (χ1n) is 9.60. The van der Waals surface area contributed by atoms with Crippen LogP contribution < -0.4 is 5.32 Å².